The molecule has 0 spiro atoms. The van der Waals surface area contributed by atoms with E-state index in [1.54, 1.807) is 21.3 Å². The van der Waals surface area contributed by atoms with Gasteiger partial charge in [0.05, 0.1) is 26.7 Å². The van der Waals surface area contributed by atoms with Gasteiger partial charge in [0.2, 0.25) is 0 Å². The number of carbonyl (C=O) groups is 2. The lowest BCUT2D eigenvalue weighted by Gasteiger charge is -2.72. The number of ether oxygens (including phenoxy) is 3. The van der Waals surface area contributed by atoms with E-state index >= 15 is 0 Å². The summed E-state index contributed by atoms with van der Waals surface area (Å²) in [6.07, 6.45) is 11.3. The molecule has 1 aromatic rings. The van der Waals surface area contributed by atoms with Crippen LogP contribution in [0.25, 0.3) is 6.08 Å². The number of para-hydroxylation sites is 1. The SMILES string of the molecule is C=C(C)C1CCC2(C(=O)OC)CCC3(C)C(CCC4C5(C)CC(=Cc6cccc(OC)c6OC)C(=O)C(C)(C)C5CCC43C)C12. The molecule has 0 aromatic heterocycles. The Labute approximate surface area is 271 Å². The fraction of sp³-hybridized carbons (Fsp3) is 0.700. The van der Waals surface area contributed by atoms with Crippen molar-refractivity contribution in [2.75, 3.05) is 21.3 Å². The van der Waals surface area contributed by atoms with Gasteiger partial charge in [-0.2, -0.15) is 0 Å². The topological polar surface area (TPSA) is 61.8 Å². The second kappa shape index (κ2) is 10.7. The van der Waals surface area contributed by atoms with Gasteiger partial charge in [0.25, 0.3) is 0 Å². The zero-order valence-electron chi connectivity index (χ0n) is 29.3. The van der Waals surface area contributed by atoms with Crippen molar-refractivity contribution in [3.8, 4) is 11.5 Å². The van der Waals surface area contributed by atoms with Crippen LogP contribution in [-0.4, -0.2) is 33.1 Å². The monoisotopic (exact) mass is 616 g/mol. The second-order valence-electron chi connectivity index (χ2n) is 16.8. The van der Waals surface area contributed by atoms with Gasteiger partial charge in [0, 0.05) is 11.0 Å². The Balaban J connectivity index is 1.42. The molecule has 5 fully saturated rings. The number of methoxy groups -OCH3 is 3. The maximum atomic E-state index is 14.3. The summed E-state index contributed by atoms with van der Waals surface area (Å²) >= 11 is 0. The number of hydrogen-bond donors (Lipinski definition) is 0. The number of Topliss-reactive ketones (excluding diaryl/α,β-unsaturated/α-hetero) is 1. The highest BCUT2D eigenvalue weighted by atomic mass is 16.5. The van der Waals surface area contributed by atoms with Crippen molar-refractivity contribution in [1.82, 2.24) is 0 Å². The zero-order valence-corrected chi connectivity index (χ0v) is 29.3. The predicted molar refractivity (Wildman–Crippen MR) is 179 cm³/mol. The number of fused-ring (bicyclic) bond motifs is 7. The number of allylic oxidation sites excluding steroid dienone is 2. The van der Waals surface area contributed by atoms with Crippen molar-refractivity contribution in [2.45, 2.75) is 99.3 Å². The van der Waals surface area contributed by atoms with Crippen LogP contribution in [0, 0.1) is 56.7 Å². The van der Waals surface area contributed by atoms with Crippen LogP contribution >= 0.6 is 0 Å². The Hall–Kier alpha value is -2.56. The summed E-state index contributed by atoms with van der Waals surface area (Å²) in [5, 5.41) is 0. The van der Waals surface area contributed by atoms with Crippen LogP contribution in [0.15, 0.2) is 35.9 Å². The molecular weight excluding hydrogens is 560 g/mol. The van der Waals surface area contributed by atoms with Crippen LogP contribution in [0.2, 0.25) is 0 Å². The molecule has 6 rings (SSSR count). The van der Waals surface area contributed by atoms with Crippen LogP contribution < -0.4 is 9.47 Å². The highest BCUT2D eigenvalue weighted by molar-refractivity contribution is 6.04. The Kier molecular flexibility index (Phi) is 7.73. The highest BCUT2D eigenvalue weighted by Gasteiger charge is 2.72. The molecule has 5 aliphatic rings. The fourth-order valence-corrected chi connectivity index (χ4v) is 12.9. The van der Waals surface area contributed by atoms with Crippen molar-refractivity contribution < 1.29 is 23.8 Å². The number of benzene rings is 1. The number of esters is 1. The molecule has 0 N–H and O–H groups in total. The standard InChI is InChI=1S/C40H56O5/c1-24(2)27-16-19-40(35(42)45-10)21-20-38(6)28(32(27)40)14-15-31-37(5)23-26(22-25-12-11-13-29(43-8)33(25)44-9)34(41)36(3,4)30(37)17-18-39(31,38)7/h11-13,22,27-28,30-32H,1,14-21,23H2,2-10H3. The first-order valence-electron chi connectivity index (χ1n) is 17.4. The molecule has 5 saturated carbocycles. The Morgan fingerprint density at radius 2 is 1.62 bits per heavy atom. The molecule has 9 unspecified atom stereocenters. The molecule has 1 aromatic carbocycles. The van der Waals surface area contributed by atoms with Gasteiger partial charge < -0.3 is 14.2 Å². The maximum absolute atomic E-state index is 14.3. The number of hydrogen-bond acceptors (Lipinski definition) is 5. The molecule has 5 heteroatoms. The Morgan fingerprint density at radius 1 is 0.889 bits per heavy atom. The van der Waals surface area contributed by atoms with Crippen molar-refractivity contribution in [3.05, 3.63) is 41.5 Å². The first-order valence-corrected chi connectivity index (χ1v) is 17.4. The first kappa shape index (κ1) is 32.4. The maximum Gasteiger partial charge on any atom is 0.312 e. The summed E-state index contributed by atoms with van der Waals surface area (Å²) in [4.78, 5) is 27.9. The molecule has 9 atom stereocenters. The third kappa shape index (κ3) is 4.23. The van der Waals surface area contributed by atoms with Crippen LogP contribution in [0.3, 0.4) is 0 Å². The Bertz CT molecular complexity index is 1440. The minimum absolute atomic E-state index is 0.0107. The minimum Gasteiger partial charge on any atom is -0.493 e. The summed E-state index contributed by atoms with van der Waals surface area (Å²) in [7, 11) is 4.89. The van der Waals surface area contributed by atoms with E-state index in [2.05, 4.69) is 54.2 Å². The number of rotatable bonds is 5. The lowest BCUT2D eigenvalue weighted by molar-refractivity contribution is -0.232. The number of ketones is 1. The van der Waals surface area contributed by atoms with Crippen molar-refractivity contribution in [2.24, 2.45) is 56.7 Å². The molecule has 0 amide bonds. The van der Waals surface area contributed by atoms with Crippen LogP contribution in [0.1, 0.15) is 105 Å². The molecule has 246 valence electrons. The molecule has 0 aliphatic heterocycles. The first-order chi connectivity index (χ1) is 21.2. The molecule has 0 radical (unpaired) electrons. The van der Waals surface area contributed by atoms with E-state index in [0.29, 0.717) is 41.1 Å². The van der Waals surface area contributed by atoms with Crippen LogP contribution in [0.4, 0.5) is 0 Å². The summed E-state index contributed by atoms with van der Waals surface area (Å²) in [6.45, 7) is 18.7. The number of carbonyl (C=O) groups excluding carboxylic acids is 2. The Morgan fingerprint density at radius 3 is 2.27 bits per heavy atom. The van der Waals surface area contributed by atoms with Gasteiger partial charge in [-0.3, -0.25) is 9.59 Å². The van der Waals surface area contributed by atoms with Crippen LogP contribution in [-0.2, 0) is 14.3 Å². The van der Waals surface area contributed by atoms with E-state index in [-0.39, 0.29) is 33.4 Å². The zero-order chi connectivity index (χ0) is 32.7. The second-order valence-corrected chi connectivity index (χ2v) is 16.8. The van der Waals surface area contributed by atoms with E-state index in [9.17, 15) is 9.59 Å². The summed E-state index contributed by atoms with van der Waals surface area (Å²) in [5.41, 5.74) is 2.41. The van der Waals surface area contributed by atoms with Crippen molar-refractivity contribution >= 4 is 17.8 Å². The molecule has 5 aliphatic carbocycles. The van der Waals surface area contributed by atoms with Crippen LogP contribution in [0.5, 0.6) is 11.5 Å². The molecule has 0 bridgehead atoms. The summed E-state index contributed by atoms with van der Waals surface area (Å²) < 4.78 is 16.9. The highest BCUT2D eigenvalue weighted by Crippen LogP contribution is 2.77. The molecule has 0 heterocycles. The van der Waals surface area contributed by atoms with Gasteiger partial charge in [-0.25, -0.2) is 0 Å². The fourth-order valence-electron chi connectivity index (χ4n) is 12.9. The van der Waals surface area contributed by atoms with E-state index in [0.717, 1.165) is 68.9 Å². The molecular formula is C40H56O5. The summed E-state index contributed by atoms with van der Waals surface area (Å²) in [5.74, 6) is 3.58. The normalized spacial score (nSPS) is 42.6. The quantitative estimate of drug-likeness (QED) is 0.188. The van der Waals surface area contributed by atoms with Gasteiger partial charge in [-0.05, 0) is 128 Å². The van der Waals surface area contributed by atoms with Gasteiger partial charge in [0.15, 0.2) is 17.3 Å². The third-order valence-electron chi connectivity index (χ3n) is 15.0. The largest absolute Gasteiger partial charge is 0.493 e. The van der Waals surface area contributed by atoms with Crippen molar-refractivity contribution in [1.29, 1.82) is 0 Å². The van der Waals surface area contributed by atoms with E-state index in [1.807, 2.05) is 18.2 Å². The average molecular weight is 617 g/mol. The average Bonchev–Trinajstić information content (AvgIpc) is 3.41. The van der Waals surface area contributed by atoms with E-state index in [4.69, 9.17) is 14.2 Å². The minimum atomic E-state index is -0.451. The van der Waals surface area contributed by atoms with Gasteiger partial charge >= 0.3 is 5.97 Å². The molecule has 5 nitrogen and oxygen atoms in total. The van der Waals surface area contributed by atoms with Gasteiger partial charge in [-0.1, -0.05) is 58.9 Å². The third-order valence-corrected chi connectivity index (χ3v) is 15.0. The smallest absolute Gasteiger partial charge is 0.312 e. The lowest BCUT2D eigenvalue weighted by atomic mass is 9.32. The van der Waals surface area contributed by atoms with Crippen molar-refractivity contribution in [3.63, 3.8) is 0 Å². The molecule has 45 heavy (non-hydrogen) atoms. The summed E-state index contributed by atoms with van der Waals surface area (Å²) in [6, 6.07) is 5.89. The molecule has 0 saturated heterocycles. The van der Waals surface area contributed by atoms with E-state index < -0.39 is 5.41 Å². The predicted octanol–water partition coefficient (Wildman–Crippen LogP) is 9.10. The lowest BCUT2D eigenvalue weighted by Crippen LogP contribution is -2.67. The van der Waals surface area contributed by atoms with Gasteiger partial charge in [0.1, 0.15) is 0 Å². The van der Waals surface area contributed by atoms with Gasteiger partial charge in [-0.15, -0.1) is 0 Å². The van der Waals surface area contributed by atoms with E-state index in [1.165, 1.54) is 5.57 Å².